The van der Waals surface area contributed by atoms with E-state index in [4.69, 9.17) is 0 Å². The summed E-state index contributed by atoms with van der Waals surface area (Å²) in [5, 5.41) is 12.2. The van der Waals surface area contributed by atoms with E-state index in [9.17, 15) is 0 Å². The minimum atomic E-state index is 0.914. The third-order valence-electron chi connectivity index (χ3n) is 4.68. The number of anilines is 2. The summed E-state index contributed by atoms with van der Waals surface area (Å²) < 4.78 is 0. The maximum Gasteiger partial charge on any atom is 0.0969 e. The molecule has 1 aliphatic heterocycles. The number of rotatable bonds is 5. The molecule has 1 N–H and O–H groups in total. The molecular formula is C19H27N5. The molecule has 0 radical (unpaired) electrons. The molecule has 5 heteroatoms. The number of aryl methyl sites for hydroxylation is 2. The van der Waals surface area contributed by atoms with Gasteiger partial charge >= 0.3 is 0 Å². The van der Waals surface area contributed by atoms with E-state index in [-0.39, 0.29) is 0 Å². The molecule has 3 heterocycles. The van der Waals surface area contributed by atoms with Crippen molar-refractivity contribution < 1.29 is 0 Å². The average molecular weight is 325 g/mol. The average Bonchev–Trinajstić information content (AvgIpc) is 2.63. The van der Waals surface area contributed by atoms with Crippen LogP contribution in [0.3, 0.4) is 0 Å². The molecule has 0 unspecified atom stereocenters. The molecule has 5 nitrogen and oxygen atoms in total. The summed E-state index contributed by atoms with van der Waals surface area (Å²) in [6, 6.07) is 4.32. The fourth-order valence-electron chi connectivity index (χ4n) is 3.29. The lowest BCUT2D eigenvalue weighted by Crippen LogP contribution is -2.30. The van der Waals surface area contributed by atoms with E-state index in [1.807, 2.05) is 20.2 Å². The molecule has 24 heavy (non-hydrogen) atoms. The first-order valence-corrected chi connectivity index (χ1v) is 8.99. The molecule has 2 aromatic heterocycles. The van der Waals surface area contributed by atoms with Gasteiger partial charge in [0, 0.05) is 31.4 Å². The fraction of sp³-hybridized carbons (Fsp3) is 0.526. The zero-order chi connectivity index (χ0) is 16.9. The van der Waals surface area contributed by atoms with Crippen molar-refractivity contribution >= 4 is 11.4 Å². The Morgan fingerprint density at radius 3 is 2.62 bits per heavy atom. The fourth-order valence-corrected chi connectivity index (χ4v) is 3.29. The van der Waals surface area contributed by atoms with Crippen LogP contribution in [0.4, 0.5) is 11.4 Å². The van der Waals surface area contributed by atoms with Crippen LogP contribution in [0, 0.1) is 6.92 Å². The van der Waals surface area contributed by atoms with Crippen LogP contribution in [0.1, 0.15) is 44.0 Å². The van der Waals surface area contributed by atoms with E-state index >= 15 is 0 Å². The zero-order valence-electron chi connectivity index (χ0n) is 15.0. The van der Waals surface area contributed by atoms with E-state index in [2.05, 4.69) is 44.5 Å². The molecule has 1 saturated heterocycles. The Hall–Kier alpha value is -2.17. The third-order valence-corrected chi connectivity index (χ3v) is 4.68. The largest absolute Gasteiger partial charge is 0.387 e. The van der Waals surface area contributed by atoms with Crippen LogP contribution in [-0.4, -0.2) is 35.3 Å². The first-order valence-electron chi connectivity index (χ1n) is 8.99. The summed E-state index contributed by atoms with van der Waals surface area (Å²) in [7, 11) is 1.91. The molecule has 0 aromatic carbocycles. The Bertz CT molecular complexity index is 692. The van der Waals surface area contributed by atoms with Crippen molar-refractivity contribution in [2.45, 2.75) is 46.0 Å². The van der Waals surface area contributed by atoms with Crippen molar-refractivity contribution in [3.8, 4) is 11.3 Å². The summed E-state index contributed by atoms with van der Waals surface area (Å²) in [4.78, 5) is 6.97. The van der Waals surface area contributed by atoms with Crippen molar-refractivity contribution in [3.63, 3.8) is 0 Å². The van der Waals surface area contributed by atoms with Crippen LogP contribution in [-0.2, 0) is 6.42 Å². The lowest BCUT2D eigenvalue weighted by Gasteiger charge is -2.30. The molecule has 0 bridgehead atoms. The Morgan fingerprint density at radius 1 is 1.12 bits per heavy atom. The molecule has 128 valence electrons. The maximum absolute atomic E-state index is 4.58. The number of aromatic nitrogens is 3. The number of piperidine rings is 1. The highest BCUT2D eigenvalue weighted by Gasteiger charge is 2.18. The van der Waals surface area contributed by atoms with E-state index in [0.717, 1.165) is 54.3 Å². The van der Waals surface area contributed by atoms with Gasteiger partial charge in [0.25, 0.3) is 0 Å². The van der Waals surface area contributed by atoms with Gasteiger partial charge in [-0.25, -0.2) is 0 Å². The summed E-state index contributed by atoms with van der Waals surface area (Å²) >= 11 is 0. The molecule has 2 aromatic rings. The molecule has 3 rings (SSSR count). The Balaban J connectivity index is 2.03. The maximum atomic E-state index is 4.58. The molecular weight excluding hydrogens is 298 g/mol. The monoisotopic (exact) mass is 325 g/mol. The van der Waals surface area contributed by atoms with Gasteiger partial charge < -0.3 is 10.2 Å². The van der Waals surface area contributed by atoms with Crippen LogP contribution in [0.5, 0.6) is 0 Å². The second-order valence-electron chi connectivity index (χ2n) is 6.47. The second-order valence-corrected chi connectivity index (χ2v) is 6.47. The van der Waals surface area contributed by atoms with Gasteiger partial charge in [0.1, 0.15) is 0 Å². The highest BCUT2D eigenvalue weighted by Crippen LogP contribution is 2.30. The second kappa shape index (κ2) is 7.60. The van der Waals surface area contributed by atoms with Crippen molar-refractivity contribution in [1.82, 2.24) is 15.2 Å². The smallest absolute Gasteiger partial charge is 0.0969 e. The van der Waals surface area contributed by atoms with Crippen molar-refractivity contribution in [2.24, 2.45) is 0 Å². The Labute approximate surface area is 144 Å². The molecule has 1 aliphatic rings. The normalized spacial score (nSPS) is 14.7. The lowest BCUT2D eigenvalue weighted by atomic mass is 10.1. The predicted octanol–water partition coefficient (Wildman–Crippen LogP) is 3.83. The van der Waals surface area contributed by atoms with Crippen molar-refractivity contribution in [2.75, 3.05) is 30.4 Å². The summed E-state index contributed by atoms with van der Waals surface area (Å²) in [5.41, 5.74) is 6.33. The van der Waals surface area contributed by atoms with Crippen LogP contribution in [0.25, 0.3) is 11.3 Å². The molecule has 0 saturated carbocycles. The number of pyridine rings is 1. The SMILES string of the molecule is CCCc1nnc(-c2cc(NC)cnc2C)cc1N1CCCCC1. The number of nitrogens with zero attached hydrogens (tertiary/aromatic N) is 4. The van der Waals surface area contributed by atoms with Crippen LogP contribution in [0.2, 0.25) is 0 Å². The van der Waals surface area contributed by atoms with Gasteiger partial charge in [-0.3, -0.25) is 4.98 Å². The standard InChI is InChI=1S/C19H27N5/c1-4-8-17-19(24-9-6-5-7-10-24)12-18(23-22-17)16-11-15(20-3)13-21-14(16)2/h11-13,20H,4-10H2,1-3H3. The van der Waals surface area contributed by atoms with E-state index in [1.165, 1.54) is 24.9 Å². The van der Waals surface area contributed by atoms with Crippen molar-refractivity contribution in [3.05, 3.63) is 29.7 Å². The first kappa shape index (κ1) is 16.7. The zero-order valence-corrected chi connectivity index (χ0v) is 15.0. The molecule has 0 aliphatic carbocycles. The topological polar surface area (TPSA) is 53.9 Å². The first-order chi connectivity index (χ1) is 11.7. The van der Waals surface area contributed by atoms with Gasteiger partial charge in [-0.05, 0) is 44.7 Å². The number of hydrogen-bond acceptors (Lipinski definition) is 5. The summed E-state index contributed by atoms with van der Waals surface area (Å²) in [6.45, 7) is 6.46. The van der Waals surface area contributed by atoms with Crippen LogP contribution >= 0.6 is 0 Å². The highest BCUT2D eigenvalue weighted by molar-refractivity contribution is 5.70. The van der Waals surface area contributed by atoms with E-state index in [0.29, 0.717) is 0 Å². The quantitative estimate of drug-likeness (QED) is 0.905. The van der Waals surface area contributed by atoms with E-state index in [1.54, 1.807) is 0 Å². The minimum Gasteiger partial charge on any atom is -0.387 e. The van der Waals surface area contributed by atoms with Crippen LogP contribution in [0.15, 0.2) is 18.3 Å². The molecule has 0 amide bonds. The number of hydrogen-bond donors (Lipinski definition) is 1. The third kappa shape index (κ3) is 3.50. The Kier molecular flexibility index (Phi) is 5.28. The molecule has 1 fully saturated rings. The van der Waals surface area contributed by atoms with Gasteiger partial charge in [0.05, 0.1) is 29.0 Å². The van der Waals surface area contributed by atoms with E-state index < -0.39 is 0 Å². The molecule has 0 atom stereocenters. The predicted molar refractivity (Wildman–Crippen MR) is 99.6 cm³/mol. The van der Waals surface area contributed by atoms with Gasteiger partial charge in [-0.1, -0.05) is 13.3 Å². The summed E-state index contributed by atoms with van der Waals surface area (Å²) in [6.07, 6.45) is 7.77. The van der Waals surface area contributed by atoms with Gasteiger partial charge in [0.15, 0.2) is 0 Å². The lowest BCUT2D eigenvalue weighted by molar-refractivity contribution is 0.574. The minimum absolute atomic E-state index is 0.914. The Morgan fingerprint density at radius 2 is 1.92 bits per heavy atom. The van der Waals surface area contributed by atoms with Gasteiger partial charge in [-0.15, -0.1) is 0 Å². The summed E-state index contributed by atoms with van der Waals surface area (Å²) in [5.74, 6) is 0. The van der Waals surface area contributed by atoms with Gasteiger partial charge in [-0.2, -0.15) is 10.2 Å². The highest BCUT2D eigenvalue weighted by atomic mass is 15.2. The number of nitrogens with one attached hydrogen (secondary N) is 1. The van der Waals surface area contributed by atoms with Crippen LogP contribution < -0.4 is 10.2 Å². The van der Waals surface area contributed by atoms with Crippen molar-refractivity contribution in [1.29, 1.82) is 0 Å². The molecule has 0 spiro atoms. The van der Waals surface area contributed by atoms with Gasteiger partial charge in [0.2, 0.25) is 0 Å².